The van der Waals surface area contributed by atoms with E-state index in [2.05, 4.69) is 23.5 Å². The fraction of sp³-hybridized carbons (Fsp3) is 0.429. The Morgan fingerprint density at radius 3 is 2.88 bits per heavy atom. The van der Waals surface area contributed by atoms with E-state index in [1.807, 2.05) is 6.20 Å². The molecule has 1 nitrogen and oxygen atoms in total. The zero-order chi connectivity index (χ0) is 5.66. The van der Waals surface area contributed by atoms with Crippen molar-refractivity contribution in [2.24, 2.45) is 0 Å². The first-order valence-corrected chi connectivity index (χ1v) is 3.03. The molecule has 0 radical (unpaired) electrons. The maximum Gasteiger partial charge on any atom is 0.0325 e. The van der Waals surface area contributed by atoms with Gasteiger partial charge in [-0.05, 0) is 19.0 Å². The van der Waals surface area contributed by atoms with Crippen molar-refractivity contribution in [3.8, 4) is 0 Å². The van der Waals surface area contributed by atoms with Crippen LogP contribution in [0.2, 0.25) is 0 Å². The molecule has 44 valence electrons. The van der Waals surface area contributed by atoms with Crippen molar-refractivity contribution >= 4 is 0 Å². The van der Waals surface area contributed by atoms with Gasteiger partial charge in [0.1, 0.15) is 0 Å². The summed E-state index contributed by atoms with van der Waals surface area (Å²) in [5.41, 5.74) is 0. The average molecular weight is 109 g/mol. The van der Waals surface area contributed by atoms with Gasteiger partial charge >= 0.3 is 0 Å². The second kappa shape index (κ2) is 3.30. The lowest BCUT2D eigenvalue weighted by atomic mass is 10.2. The van der Waals surface area contributed by atoms with Crippen LogP contribution in [-0.4, -0.2) is 6.54 Å². The number of hydrogen-bond donors (Lipinski definition) is 1. The number of nitrogens with one attached hydrogen (secondary N) is 1. The second-order valence-corrected chi connectivity index (χ2v) is 1.86. The standard InChI is InChI=1S/C7H11N/c1-2-4-6-8-7-5-3-1/h2,4-5,7-8H,1,3,6H2/b4-2-,7-5-. The van der Waals surface area contributed by atoms with E-state index in [1.54, 1.807) is 0 Å². The molecule has 0 spiro atoms. The van der Waals surface area contributed by atoms with E-state index in [-0.39, 0.29) is 0 Å². The summed E-state index contributed by atoms with van der Waals surface area (Å²) >= 11 is 0. The molecule has 1 heteroatoms. The van der Waals surface area contributed by atoms with Crippen molar-refractivity contribution < 1.29 is 0 Å². The minimum atomic E-state index is 0.983. The zero-order valence-corrected chi connectivity index (χ0v) is 4.93. The van der Waals surface area contributed by atoms with Crippen LogP contribution < -0.4 is 5.32 Å². The number of hydrogen-bond acceptors (Lipinski definition) is 1. The third-order valence-electron chi connectivity index (χ3n) is 1.14. The molecular formula is C7H11N. The van der Waals surface area contributed by atoms with Crippen molar-refractivity contribution in [3.05, 3.63) is 24.4 Å². The predicted molar refractivity (Wildman–Crippen MR) is 35.5 cm³/mol. The summed E-state index contributed by atoms with van der Waals surface area (Å²) in [6, 6.07) is 0. The highest BCUT2D eigenvalue weighted by Crippen LogP contribution is 1.93. The van der Waals surface area contributed by atoms with Crippen LogP contribution in [0.15, 0.2) is 24.4 Å². The molecule has 0 amide bonds. The Balaban J connectivity index is 2.29. The molecule has 8 heavy (non-hydrogen) atoms. The molecule has 1 aliphatic rings. The quantitative estimate of drug-likeness (QED) is 0.464. The summed E-state index contributed by atoms with van der Waals surface area (Å²) in [4.78, 5) is 0. The minimum Gasteiger partial charge on any atom is -0.388 e. The van der Waals surface area contributed by atoms with Crippen LogP contribution in [0.5, 0.6) is 0 Å². The van der Waals surface area contributed by atoms with Gasteiger partial charge in [-0.3, -0.25) is 0 Å². The lowest BCUT2D eigenvalue weighted by molar-refractivity contribution is 0.926. The van der Waals surface area contributed by atoms with Crippen LogP contribution in [-0.2, 0) is 0 Å². The molecule has 0 aromatic carbocycles. The van der Waals surface area contributed by atoms with Crippen molar-refractivity contribution in [2.75, 3.05) is 6.54 Å². The monoisotopic (exact) mass is 109 g/mol. The molecular weight excluding hydrogens is 98.1 g/mol. The molecule has 1 heterocycles. The topological polar surface area (TPSA) is 12.0 Å². The van der Waals surface area contributed by atoms with Crippen LogP contribution in [0.3, 0.4) is 0 Å². The number of rotatable bonds is 0. The predicted octanol–water partition coefficient (Wildman–Crippen LogP) is 1.44. The summed E-state index contributed by atoms with van der Waals surface area (Å²) in [6.07, 6.45) is 10.9. The molecule has 0 saturated carbocycles. The second-order valence-electron chi connectivity index (χ2n) is 1.86. The van der Waals surface area contributed by atoms with Gasteiger partial charge in [-0.25, -0.2) is 0 Å². The van der Waals surface area contributed by atoms with E-state index in [0.29, 0.717) is 0 Å². The Bertz CT molecular complexity index is 77.0. The molecule has 1 N–H and O–H groups in total. The summed E-state index contributed by atoms with van der Waals surface area (Å²) in [6.45, 7) is 0.983. The fourth-order valence-electron chi connectivity index (χ4n) is 0.696. The molecule has 1 rings (SSSR count). The summed E-state index contributed by atoms with van der Waals surface area (Å²) < 4.78 is 0. The van der Waals surface area contributed by atoms with Crippen LogP contribution in [0.1, 0.15) is 12.8 Å². The Morgan fingerprint density at radius 1 is 1.00 bits per heavy atom. The molecule has 0 aromatic heterocycles. The molecule has 0 saturated heterocycles. The largest absolute Gasteiger partial charge is 0.388 e. The lowest BCUT2D eigenvalue weighted by Gasteiger charge is -1.96. The van der Waals surface area contributed by atoms with E-state index in [0.717, 1.165) is 6.54 Å². The minimum absolute atomic E-state index is 0.983. The van der Waals surface area contributed by atoms with Crippen molar-refractivity contribution in [2.45, 2.75) is 12.8 Å². The van der Waals surface area contributed by atoms with Crippen LogP contribution >= 0.6 is 0 Å². The van der Waals surface area contributed by atoms with E-state index in [9.17, 15) is 0 Å². The van der Waals surface area contributed by atoms with Gasteiger partial charge in [0.2, 0.25) is 0 Å². The summed E-state index contributed by atoms with van der Waals surface area (Å²) in [5, 5.41) is 3.12. The highest BCUT2D eigenvalue weighted by molar-refractivity contribution is 4.93. The van der Waals surface area contributed by atoms with Crippen LogP contribution in [0.25, 0.3) is 0 Å². The van der Waals surface area contributed by atoms with E-state index < -0.39 is 0 Å². The van der Waals surface area contributed by atoms with Crippen molar-refractivity contribution in [1.29, 1.82) is 0 Å². The molecule has 1 aliphatic heterocycles. The van der Waals surface area contributed by atoms with Gasteiger partial charge in [-0.2, -0.15) is 0 Å². The van der Waals surface area contributed by atoms with Gasteiger partial charge in [0.15, 0.2) is 0 Å². The Labute approximate surface area is 50.1 Å². The third-order valence-corrected chi connectivity index (χ3v) is 1.14. The van der Waals surface area contributed by atoms with Gasteiger partial charge in [-0.15, -0.1) is 0 Å². The van der Waals surface area contributed by atoms with E-state index in [1.165, 1.54) is 12.8 Å². The molecule has 0 atom stereocenters. The Morgan fingerprint density at radius 2 is 1.88 bits per heavy atom. The Kier molecular flexibility index (Phi) is 2.24. The number of allylic oxidation sites excluding steroid dienone is 2. The van der Waals surface area contributed by atoms with Gasteiger partial charge in [-0.1, -0.05) is 18.2 Å². The van der Waals surface area contributed by atoms with Gasteiger partial charge in [0, 0.05) is 6.54 Å². The Hall–Kier alpha value is -0.720. The first kappa shape index (κ1) is 5.42. The highest BCUT2D eigenvalue weighted by atomic mass is 14.8. The first-order chi connectivity index (χ1) is 4.00. The van der Waals surface area contributed by atoms with E-state index >= 15 is 0 Å². The molecule has 0 aliphatic carbocycles. The van der Waals surface area contributed by atoms with Crippen LogP contribution in [0.4, 0.5) is 0 Å². The average Bonchev–Trinajstić information content (AvgIpc) is 1.62. The smallest absolute Gasteiger partial charge is 0.0325 e. The molecule has 0 bridgehead atoms. The molecule has 0 unspecified atom stereocenters. The maximum absolute atomic E-state index is 3.12. The maximum atomic E-state index is 3.12. The van der Waals surface area contributed by atoms with Crippen LogP contribution in [0, 0.1) is 0 Å². The van der Waals surface area contributed by atoms with Gasteiger partial charge in [0.05, 0.1) is 0 Å². The van der Waals surface area contributed by atoms with Crippen molar-refractivity contribution in [1.82, 2.24) is 5.32 Å². The van der Waals surface area contributed by atoms with Gasteiger partial charge < -0.3 is 5.32 Å². The summed E-state index contributed by atoms with van der Waals surface area (Å²) in [7, 11) is 0. The first-order valence-electron chi connectivity index (χ1n) is 3.03. The summed E-state index contributed by atoms with van der Waals surface area (Å²) in [5.74, 6) is 0. The highest BCUT2D eigenvalue weighted by Gasteiger charge is 1.79. The fourth-order valence-corrected chi connectivity index (χ4v) is 0.696. The SMILES string of the molecule is C1=C\CN/C=C\CC/1. The lowest BCUT2D eigenvalue weighted by Crippen LogP contribution is -2.04. The zero-order valence-electron chi connectivity index (χ0n) is 4.93. The normalized spacial score (nSPS) is 27.0. The van der Waals surface area contributed by atoms with Crippen molar-refractivity contribution in [3.63, 3.8) is 0 Å². The molecule has 0 aromatic rings. The van der Waals surface area contributed by atoms with Gasteiger partial charge in [0.25, 0.3) is 0 Å². The molecule has 0 fully saturated rings. The van der Waals surface area contributed by atoms with E-state index in [4.69, 9.17) is 0 Å². The third kappa shape index (κ3) is 1.82.